The number of likely N-dealkylation sites (tertiary alicyclic amines) is 1. The first-order valence-electron chi connectivity index (χ1n) is 12.3. The number of ether oxygens (including phenoxy) is 1. The van der Waals surface area contributed by atoms with E-state index < -0.39 is 6.04 Å². The molecule has 0 bridgehead atoms. The van der Waals surface area contributed by atoms with E-state index in [-0.39, 0.29) is 29.2 Å². The first kappa shape index (κ1) is 21.8. The van der Waals surface area contributed by atoms with E-state index in [1.165, 1.54) is 18.9 Å². The molecule has 2 N–H and O–H groups in total. The van der Waals surface area contributed by atoms with Crippen LogP contribution in [0.5, 0.6) is 0 Å². The van der Waals surface area contributed by atoms with Gasteiger partial charge in [0, 0.05) is 37.8 Å². The molecule has 5 rings (SSSR count). The highest BCUT2D eigenvalue weighted by Crippen LogP contribution is 2.40. The summed E-state index contributed by atoms with van der Waals surface area (Å²) < 4.78 is 21.0. The molecule has 7 heteroatoms. The number of nitrogens with zero attached hydrogens (tertiary/aromatic N) is 1. The lowest BCUT2D eigenvalue weighted by Crippen LogP contribution is -2.48. The second-order valence-electron chi connectivity index (χ2n) is 10.1. The van der Waals surface area contributed by atoms with Crippen LogP contribution in [0.1, 0.15) is 75.7 Å². The molecular weight excluding hydrogens is 409 g/mol. The number of benzene rings is 1. The standard InChI is InChI=1S/C25H34FN3O3/c26-21-16-18(27-22-8-9-23(30)28-24(22)31)4-7-20(21)17-2-5-19(6-3-17)29-13-11-25(12-14-29)10-1-15-32-25/h4,7,16-17,19,22,27H,1-3,5-6,8-15H2,(H,28,30,31)/t17-,19+,22?. The summed E-state index contributed by atoms with van der Waals surface area (Å²) in [7, 11) is 0. The van der Waals surface area contributed by atoms with Crippen molar-refractivity contribution in [3.63, 3.8) is 0 Å². The Labute approximate surface area is 189 Å². The highest BCUT2D eigenvalue weighted by Gasteiger charge is 2.40. The summed E-state index contributed by atoms with van der Waals surface area (Å²) in [6.07, 6.45) is 9.74. The number of carbonyl (C=O) groups excluding carboxylic acids is 2. The molecule has 0 aromatic heterocycles. The van der Waals surface area contributed by atoms with E-state index in [1.807, 2.05) is 12.1 Å². The third-order valence-electron chi connectivity index (χ3n) is 8.13. The maximum absolute atomic E-state index is 15.0. The van der Waals surface area contributed by atoms with E-state index in [0.29, 0.717) is 24.6 Å². The van der Waals surface area contributed by atoms with Gasteiger partial charge in [0.1, 0.15) is 11.9 Å². The predicted molar refractivity (Wildman–Crippen MR) is 120 cm³/mol. The van der Waals surface area contributed by atoms with Crippen molar-refractivity contribution in [2.75, 3.05) is 25.0 Å². The Morgan fingerprint density at radius 3 is 2.50 bits per heavy atom. The van der Waals surface area contributed by atoms with Gasteiger partial charge in [-0.05, 0) is 81.4 Å². The molecule has 3 aliphatic heterocycles. The maximum Gasteiger partial charge on any atom is 0.249 e. The summed E-state index contributed by atoms with van der Waals surface area (Å²) in [5, 5.41) is 5.40. The summed E-state index contributed by atoms with van der Waals surface area (Å²) in [5.41, 5.74) is 1.54. The van der Waals surface area contributed by atoms with Gasteiger partial charge in [-0.15, -0.1) is 0 Å². The van der Waals surface area contributed by atoms with Crippen LogP contribution in [0, 0.1) is 5.82 Å². The number of imide groups is 1. The molecular formula is C25H34FN3O3. The minimum Gasteiger partial charge on any atom is -0.375 e. The topological polar surface area (TPSA) is 70.7 Å². The summed E-state index contributed by atoms with van der Waals surface area (Å²) >= 11 is 0. The van der Waals surface area contributed by atoms with Crippen LogP contribution in [-0.2, 0) is 14.3 Å². The quantitative estimate of drug-likeness (QED) is 0.695. The van der Waals surface area contributed by atoms with Gasteiger partial charge in [-0.25, -0.2) is 4.39 Å². The molecule has 2 amide bonds. The third kappa shape index (κ3) is 4.55. The molecule has 4 fully saturated rings. The second kappa shape index (κ2) is 9.10. The van der Waals surface area contributed by atoms with Gasteiger partial charge in [0.25, 0.3) is 0 Å². The minimum absolute atomic E-state index is 0.167. The Kier molecular flexibility index (Phi) is 6.21. The van der Waals surface area contributed by atoms with E-state index in [4.69, 9.17) is 4.74 Å². The fourth-order valence-electron chi connectivity index (χ4n) is 6.18. The van der Waals surface area contributed by atoms with Crippen molar-refractivity contribution >= 4 is 17.5 Å². The summed E-state index contributed by atoms with van der Waals surface area (Å²) in [6.45, 7) is 3.19. The zero-order valence-corrected chi connectivity index (χ0v) is 18.7. The number of rotatable bonds is 4. The Morgan fingerprint density at radius 2 is 1.84 bits per heavy atom. The van der Waals surface area contributed by atoms with Gasteiger partial charge in [-0.3, -0.25) is 14.9 Å². The Bertz CT molecular complexity index is 852. The number of amides is 2. The lowest BCUT2D eigenvalue weighted by molar-refractivity contribution is -0.133. The molecule has 1 aromatic carbocycles. The molecule has 3 saturated heterocycles. The van der Waals surface area contributed by atoms with E-state index in [0.717, 1.165) is 63.8 Å². The van der Waals surface area contributed by atoms with E-state index in [2.05, 4.69) is 15.5 Å². The molecule has 1 unspecified atom stereocenters. The van der Waals surface area contributed by atoms with Crippen LogP contribution in [0.15, 0.2) is 18.2 Å². The van der Waals surface area contributed by atoms with Crippen LogP contribution < -0.4 is 10.6 Å². The van der Waals surface area contributed by atoms with E-state index in [9.17, 15) is 14.0 Å². The number of piperidine rings is 2. The van der Waals surface area contributed by atoms with Crippen LogP contribution in [0.3, 0.4) is 0 Å². The number of hydrogen-bond donors (Lipinski definition) is 2. The SMILES string of the molecule is O=C1CCC(Nc2ccc([C@H]3CC[C@@H](N4CCC5(CCCO5)CC4)CC3)c(F)c2)C(=O)N1. The summed E-state index contributed by atoms with van der Waals surface area (Å²) in [6, 6.07) is 5.35. The van der Waals surface area contributed by atoms with Crippen LogP contribution in [0.4, 0.5) is 10.1 Å². The average Bonchev–Trinajstić information content (AvgIpc) is 3.24. The highest BCUT2D eigenvalue weighted by atomic mass is 19.1. The summed E-state index contributed by atoms with van der Waals surface area (Å²) in [4.78, 5) is 25.9. The fourth-order valence-corrected chi connectivity index (χ4v) is 6.18. The number of anilines is 1. The number of halogens is 1. The van der Waals surface area contributed by atoms with Crippen molar-refractivity contribution in [1.82, 2.24) is 10.2 Å². The number of carbonyl (C=O) groups is 2. The van der Waals surface area contributed by atoms with E-state index in [1.54, 1.807) is 0 Å². The van der Waals surface area contributed by atoms with Gasteiger partial charge in [-0.1, -0.05) is 6.07 Å². The fraction of sp³-hybridized carbons (Fsp3) is 0.680. The van der Waals surface area contributed by atoms with Gasteiger partial charge >= 0.3 is 0 Å². The lowest BCUT2D eigenvalue weighted by atomic mass is 9.79. The zero-order chi connectivity index (χ0) is 22.1. The van der Waals surface area contributed by atoms with Crippen molar-refractivity contribution in [1.29, 1.82) is 0 Å². The van der Waals surface area contributed by atoms with Crippen LogP contribution in [0.25, 0.3) is 0 Å². The highest BCUT2D eigenvalue weighted by molar-refractivity contribution is 6.01. The molecule has 1 aromatic rings. The van der Waals surface area contributed by atoms with Crippen molar-refractivity contribution in [3.8, 4) is 0 Å². The molecule has 1 saturated carbocycles. The van der Waals surface area contributed by atoms with Crippen molar-refractivity contribution in [2.24, 2.45) is 0 Å². The molecule has 32 heavy (non-hydrogen) atoms. The molecule has 3 heterocycles. The molecule has 1 spiro atoms. The van der Waals surface area contributed by atoms with Crippen molar-refractivity contribution < 1.29 is 18.7 Å². The van der Waals surface area contributed by atoms with Gasteiger partial charge < -0.3 is 15.0 Å². The molecule has 6 nitrogen and oxygen atoms in total. The second-order valence-corrected chi connectivity index (χ2v) is 10.1. The lowest BCUT2D eigenvalue weighted by Gasteiger charge is -2.44. The van der Waals surface area contributed by atoms with Crippen LogP contribution >= 0.6 is 0 Å². The summed E-state index contributed by atoms with van der Waals surface area (Å²) in [5.74, 6) is -0.539. The van der Waals surface area contributed by atoms with Crippen LogP contribution in [0.2, 0.25) is 0 Å². The number of hydrogen-bond acceptors (Lipinski definition) is 5. The molecule has 4 aliphatic rings. The first-order valence-corrected chi connectivity index (χ1v) is 12.3. The molecule has 174 valence electrons. The monoisotopic (exact) mass is 443 g/mol. The van der Waals surface area contributed by atoms with Gasteiger partial charge in [0.15, 0.2) is 0 Å². The maximum atomic E-state index is 15.0. The Morgan fingerprint density at radius 1 is 1.06 bits per heavy atom. The van der Waals surface area contributed by atoms with Gasteiger partial charge in [0.05, 0.1) is 5.60 Å². The Hall–Kier alpha value is -1.99. The van der Waals surface area contributed by atoms with Crippen molar-refractivity contribution in [2.45, 2.75) is 87.8 Å². The normalized spacial score (nSPS) is 31.0. The van der Waals surface area contributed by atoms with Gasteiger partial charge in [0.2, 0.25) is 11.8 Å². The Balaban J connectivity index is 1.14. The molecule has 1 atom stereocenters. The minimum atomic E-state index is -0.494. The predicted octanol–water partition coefficient (Wildman–Crippen LogP) is 3.71. The average molecular weight is 444 g/mol. The first-order chi connectivity index (χ1) is 15.5. The van der Waals surface area contributed by atoms with E-state index >= 15 is 0 Å². The molecule has 0 radical (unpaired) electrons. The van der Waals surface area contributed by atoms with Crippen molar-refractivity contribution in [3.05, 3.63) is 29.6 Å². The zero-order valence-electron chi connectivity index (χ0n) is 18.7. The molecule has 1 aliphatic carbocycles. The van der Waals surface area contributed by atoms with Crippen LogP contribution in [-0.4, -0.2) is 54.1 Å². The smallest absolute Gasteiger partial charge is 0.249 e. The number of nitrogens with one attached hydrogen (secondary N) is 2. The largest absolute Gasteiger partial charge is 0.375 e. The third-order valence-corrected chi connectivity index (χ3v) is 8.13. The van der Waals surface area contributed by atoms with Gasteiger partial charge in [-0.2, -0.15) is 0 Å².